The average Bonchev–Trinajstić information content (AvgIpc) is 2.52. The van der Waals surface area contributed by atoms with Gasteiger partial charge in [-0.25, -0.2) is 12.7 Å². The van der Waals surface area contributed by atoms with E-state index in [1.807, 2.05) is 6.92 Å². The van der Waals surface area contributed by atoms with Gasteiger partial charge in [0, 0.05) is 20.6 Å². The first-order valence-corrected chi connectivity index (χ1v) is 10.2. The van der Waals surface area contributed by atoms with Crippen molar-refractivity contribution in [3.63, 3.8) is 0 Å². The predicted octanol–water partition coefficient (Wildman–Crippen LogP) is 2.47. The number of thioether (sulfide) groups is 1. The third kappa shape index (κ3) is 6.16. The van der Waals surface area contributed by atoms with Gasteiger partial charge in [-0.3, -0.25) is 4.79 Å². The summed E-state index contributed by atoms with van der Waals surface area (Å²) in [6.07, 6.45) is 2.24. The van der Waals surface area contributed by atoms with Crippen LogP contribution in [0.1, 0.15) is 32.3 Å². The normalized spacial score (nSPS) is 13.1. The van der Waals surface area contributed by atoms with Crippen molar-refractivity contribution in [3.8, 4) is 0 Å². The fourth-order valence-corrected chi connectivity index (χ4v) is 3.75. The molecule has 0 bridgehead atoms. The molecule has 0 aliphatic carbocycles. The van der Waals surface area contributed by atoms with Gasteiger partial charge in [0.15, 0.2) is 0 Å². The molecule has 130 valence electrons. The Kier molecular flexibility index (Phi) is 8.08. The van der Waals surface area contributed by atoms with Crippen LogP contribution in [0.15, 0.2) is 29.2 Å². The van der Waals surface area contributed by atoms with E-state index in [1.54, 1.807) is 36.0 Å². The van der Waals surface area contributed by atoms with Crippen molar-refractivity contribution in [1.82, 2.24) is 9.62 Å². The molecule has 0 aliphatic heterocycles. The van der Waals surface area contributed by atoms with Crippen LogP contribution in [0, 0.1) is 0 Å². The number of carbonyl (C=O) groups excluding carboxylic acids is 1. The van der Waals surface area contributed by atoms with E-state index < -0.39 is 10.0 Å². The number of rotatable bonds is 9. The Morgan fingerprint density at radius 2 is 1.87 bits per heavy atom. The van der Waals surface area contributed by atoms with Crippen LogP contribution in [0.3, 0.4) is 0 Å². The smallest absolute Gasteiger partial charge is 0.242 e. The lowest BCUT2D eigenvalue weighted by Crippen LogP contribution is -2.30. The highest BCUT2D eigenvalue weighted by atomic mass is 32.2. The minimum atomic E-state index is -3.41. The molecule has 1 atom stereocenters. The van der Waals surface area contributed by atoms with Crippen LogP contribution in [0.5, 0.6) is 0 Å². The van der Waals surface area contributed by atoms with Gasteiger partial charge in [0.25, 0.3) is 0 Å². The lowest BCUT2D eigenvalue weighted by Gasteiger charge is -2.13. The van der Waals surface area contributed by atoms with Gasteiger partial charge in [-0.15, -0.1) is 11.8 Å². The van der Waals surface area contributed by atoms with Gasteiger partial charge < -0.3 is 5.32 Å². The first-order chi connectivity index (χ1) is 10.8. The number of hydrogen-bond donors (Lipinski definition) is 1. The topological polar surface area (TPSA) is 66.5 Å². The van der Waals surface area contributed by atoms with Gasteiger partial charge in [0.2, 0.25) is 15.9 Å². The molecule has 23 heavy (non-hydrogen) atoms. The maximum absolute atomic E-state index is 12.0. The highest BCUT2D eigenvalue weighted by Gasteiger charge is 2.17. The highest BCUT2D eigenvalue weighted by Crippen LogP contribution is 2.15. The van der Waals surface area contributed by atoms with Crippen molar-refractivity contribution in [3.05, 3.63) is 29.8 Å². The Morgan fingerprint density at radius 3 is 2.39 bits per heavy atom. The lowest BCUT2D eigenvalue weighted by atomic mass is 10.2. The molecule has 0 fully saturated rings. The molecular formula is C16H26N2O3S2. The Morgan fingerprint density at radius 1 is 1.26 bits per heavy atom. The number of nitrogens with one attached hydrogen (secondary N) is 1. The Balaban J connectivity index is 2.55. The van der Waals surface area contributed by atoms with Crippen LogP contribution < -0.4 is 5.32 Å². The zero-order chi connectivity index (χ0) is 17.5. The summed E-state index contributed by atoms with van der Waals surface area (Å²) < 4.78 is 25.1. The van der Waals surface area contributed by atoms with Gasteiger partial charge in [-0.05, 0) is 36.8 Å². The fraction of sp³-hybridized carbons (Fsp3) is 0.562. The van der Waals surface area contributed by atoms with E-state index in [-0.39, 0.29) is 16.1 Å². The molecule has 0 radical (unpaired) electrons. The second-order valence-electron chi connectivity index (χ2n) is 5.52. The van der Waals surface area contributed by atoms with E-state index in [0.717, 1.165) is 24.2 Å². The van der Waals surface area contributed by atoms with Crippen LogP contribution >= 0.6 is 11.8 Å². The summed E-state index contributed by atoms with van der Waals surface area (Å²) in [6, 6.07) is 6.59. The van der Waals surface area contributed by atoms with E-state index in [0.29, 0.717) is 6.54 Å². The third-order valence-corrected chi connectivity index (χ3v) is 6.47. The first kappa shape index (κ1) is 20.0. The number of benzene rings is 1. The zero-order valence-corrected chi connectivity index (χ0v) is 15.8. The molecule has 0 aliphatic rings. The summed E-state index contributed by atoms with van der Waals surface area (Å²) in [4.78, 5) is 12.2. The van der Waals surface area contributed by atoms with Gasteiger partial charge in [-0.2, -0.15) is 0 Å². The van der Waals surface area contributed by atoms with Gasteiger partial charge >= 0.3 is 0 Å². The molecule has 0 saturated carbocycles. The van der Waals surface area contributed by atoms with Crippen molar-refractivity contribution in [2.45, 2.75) is 43.4 Å². The maximum atomic E-state index is 12.0. The first-order valence-electron chi connectivity index (χ1n) is 7.69. The second-order valence-corrected chi connectivity index (χ2v) is 9.12. The number of carbonyl (C=O) groups is 1. The Hall–Kier alpha value is -1.05. The van der Waals surface area contributed by atoms with Crippen LogP contribution in [0.25, 0.3) is 0 Å². The fourth-order valence-electron chi connectivity index (χ4n) is 1.80. The molecular weight excluding hydrogens is 332 g/mol. The monoisotopic (exact) mass is 358 g/mol. The van der Waals surface area contributed by atoms with Gasteiger partial charge in [0.1, 0.15) is 0 Å². The number of unbranched alkanes of at least 4 members (excludes halogenated alkanes) is 1. The molecule has 0 spiro atoms. The molecule has 0 heterocycles. The molecule has 1 unspecified atom stereocenters. The van der Waals surface area contributed by atoms with E-state index in [9.17, 15) is 13.2 Å². The molecule has 5 nitrogen and oxygen atoms in total. The maximum Gasteiger partial charge on any atom is 0.242 e. The van der Waals surface area contributed by atoms with Crippen molar-refractivity contribution in [2.24, 2.45) is 0 Å². The largest absolute Gasteiger partial charge is 0.351 e. The summed E-state index contributed by atoms with van der Waals surface area (Å²) in [7, 11) is -0.406. The van der Waals surface area contributed by atoms with Crippen LogP contribution in [0.2, 0.25) is 0 Å². The molecule has 1 amide bonds. The summed E-state index contributed by atoms with van der Waals surface area (Å²) >= 11 is 1.66. The molecule has 1 aromatic rings. The molecule has 0 aromatic heterocycles. The SMILES string of the molecule is CCCCSC(C)C(=O)NCc1ccc(S(=O)(=O)N(C)C)cc1. The van der Waals surface area contributed by atoms with Crippen molar-refractivity contribution in [1.29, 1.82) is 0 Å². The van der Waals surface area contributed by atoms with E-state index in [4.69, 9.17) is 0 Å². The summed E-state index contributed by atoms with van der Waals surface area (Å²) in [5, 5.41) is 2.81. The molecule has 1 N–H and O–H groups in total. The number of sulfonamides is 1. The summed E-state index contributed by atoms with van der Waals surface area (Å²) in [5.41, 5.74) is 0.877. The van der Waals surface area contributed by atoms with Crippen molar-refractivity contribution < 1.29 is 13.2 Å². The molecule has 1 aromatic carbocycles. The Bertz CT molecular complexity index is 598. The van der Waals surface area contributed by atoms with E-state index in [2.05, 4.69) is 12.2 Å². The summed E-state index contributed by atoms with van der Waals surface area (Å²) in [5.74, 6) is 0.999. The molecule has 1 rings (SSSR count). The average molecular weight is 359 g/mol. The number of nitrogens with zero attached hydrogens (tertiary/aromatic N) is 1. The second kappa shape index (κ2) is 9.30. The van der Waals surface area contributed by atoms with E-state index >= 15 is 0 Å². The molecule has 7 heteroatoms. The van der Waals surface area contributed by atoms with Crippen molar-refractivity contribution in [2.75, 3.05) is 19.8 Å². The number of hydrogen-bond acceptors (Lipinski definition) is 4. The van der Waals surface area contributed by atoms with Crippen LogP contribution in [0.4, 0.5) is 0 Å². The van der Waals surface area contributed by atoms with Gasteiger partial charge in [-0.1, -0.05) is 25.5 Å². The minimum absolute atomic E-state index is 0.0103. The van der Waals surface area contributed by atoms with Crippen molar-refractivity contribution >= 4 is 27.7 Å². The van der Waals surface area contributed by atoms with Gasteiger partial charge in [0.05, 0.1) is 10.1 Å². The number of amides is 1. The quantitative estimate of drug-likeness (QED) is 0.689. The van der Waals surface area contributed by atoms with E-state index in [1.165, 1.54) is 18.4 Å². The minimum Gasteiger partial charge on any atom is -0.351 e. The molecule has 0 saturated heterocycles. The summed E-state index contributed by atoms with van der Waals surface area (Å²) in [6.45, 7) is 4.44. The lowest BCUT2D eigenvalue weighted by molar-refractivity contribution is -0.120. The standard InChI is InChI=1S/C16H26N2O3S2/c1-5-6-11-22-13(2)16(19)17-12-14-7-9-15(10-8-14)23(20,21)18(3)4/h7-10,13H,5-6,11-12H2,1-4H3,(H,17,19). The zero-order valence-electron chi connectivity index (χ0n) is 14.2. The van der Waals surface area contributed by atoms with Crippen LogP contribution in [-0.2, 0) is 21.4 Å². The van der Waals surface area contributed by atoms with Crippen LogP contribution in [-0.4, -0.2) is 43.7 Å². The Labute approximate surface area is 143 Å². The highest BCUT2D eigenvalue weighted by molar-refractivity contribution is 8.00. The predicted molar refractivity (Wildman–Crippen MR) is 96.0 cm³/mol. The third-order valence-electron chi connectivity index (χ3n) is 3.40.